The normalized spacial score (nSPS) is 17.4. The standard InChI is InChI=1S/C23H24N4O/c28-23-19-15-27(14-17-8-5-7-16-6-1-2-9-18(16)17)13-11-20(19)25-22(26-23)21-10-3-4-12-24-21/h1-2,5-9H,3-4,10-15H2,(H,25,26,28). The van der Waals surface area contributed by atoms with Gasteiger partial charge in [0.2, 0.25) is 0 Å². The van der Waals surface area contributed by atoms with Crippen LogP contribution < -0.4 is 5.56 Å². The molecule has 28 heavy (non-hydrogen) atoms. The van der Waals surface area contributed by atoms with E-state index in [0.29, 0.717) is 12.4 Å². The maximum absolute atomic E-state index is 12.8. The molecule has 5 rings (SSSR count). The minimum atomic E-state index is -0.00380. The van der Waals surface area contributed by atoms with Crippen LogP contribution in [0.4, 0.5) is 0 Å². The summed E-state index contributed by atoms with van der Waals surface area (Å²) >= 11 is 0. The fourth-order valence-corrected chi connectivity index (χ4v) is 4.31. The van der Waals surface area contributed by atoms with Crippen molar-refractivity contribution in [2.45, 2.75) is 38.8 Å². The average molecular weight is 372 g/mol. The molecule has 5 heteroatoms. The van der Waals surface area contributed by atoms with Crippen molar-refractivity contribution >= 4 is 16.5 Å². The van der Waals surface area contributed by atoms with Gasteiger partial charge >= 0.3 is 0 Å². The van der Waals surface area contributed by atoms with Gasteiger partial charge in [-0.1, -0.05) is 42.5 Å². The Bertz CT molecular complexity index is 1110. The number of aromatic amines is 1. The van der Waals surface area contributed by atoms with Gasteiger partial charge in [0, 0.05) is 32.6 Å². The summed E-state index contributed by atoms with van der Waals surface area (Å²) in [5.74, 6) is 0.686. The Morgan fingerprint density at radius 1 is 1.04 bits per heavy atom. The van der Waals surface area contributed by atoms with E-state index >= 15 is 0 Å². The molecular weight excluding hydrogens is 348 g/mol. The second kappa shape index (κ2) is 7.32. The van der Waals surface area contributed by atoms with Gasteiger partial charge < -0.3 is 4.98 Å². The summed E-state index contributed by atoms with van der Waals surface area (Å²) in [6.45, 7) is 3.25. The molecule has 0 atom stereocenters. The van der Waals surface area contributed by atoms with Crippen molar-refractivity contribution in [2.75, 3.05) is 13.1 Å². The first-order valence-electron chi connectivity index (χ1n) is 10.1. The summed E-state index contributed by atoms with van der Waals surface area (Å²) in [5, 5.41) is 2.54. The lowest BCUT2D eigenvalue weighted by Gasteiger charge is -2.28. The maximum Gasteiger partial charge on any atom is 0.255 e. The van der Waals surface area contributed by atoms with Crippen LogP contribution in [0.1, 0.15) is 41.9 Å². The van der Waals surface area contributed by atoms with E-state index < -0.39 is 0 Å². The van der Waals surface area contributed by atoms with Crippen molar-refractivity contribution in [3.05, 3.63) is 75.5 Å². The molecule has 1 aromatic heterocycles. The number of aliphatic imine (C=N–C) groups is 1. The third kappa shape index (κ3) is 3.27. The molecule has 0 radical (unpaired) electrons. The zero-order valence-electron chi connectivity index (χ0n) is 15.9. The fourth-order valence-electron chi connectivity index (χ4n) is 4.31. The van der Waals surface area contributed by atoms with Crippen molar-refractivity contribution in [3.8, 4) is 0 Å². The summed E-state index contributed by atoms with van der Waals surface area (Å²) in [6, 6.07) is 14.9. The van der Waals surface area contributed by atoms with E-state index in [1.165, 1.54) is 16.3 Å². The molecule has 0 amide bonds. The predicted molar refractivity (Wildman–Crippen MR) is 112 cm³/mol. The van der Waals surface area contributed by atoms with Crippen LogP contribution in [0.15, 0.2) is 52.3 Å². The van der Waals surface area contributed by atoms with E-state index in [-0.39, 0.29) is 5.56 Å². The van der Waals surface area contributed by atoms with Gasteiger partial charge in [-0.2, -0.15) is 0 Å². The Morgan fingerprint density at radius 3 is 2.82 bits per heavy atom. The maximum atomic E-state index is 12.8. The van der Waals surface area contributed by atoms with Gasteiger partial charge in [0.25, 0.3) is 5.56 Å². The van der Waals surface area contributed by atoms with Gasteiger partial charge in [-0.25, -0.2) is 4.98 Å². The lowest BCUT2D eigenvalue weighted by Crippen LogP contribution is -2.36. The first-order chi connectivity index (χ1) is 13.8. The molecule has 0 aliphatic carbocycles. The van der Waals surface area contributed by atoms with E-state index in [9.17, 15) is 4.79 Å². The number of benzene rings is 2. The van der Waals surface area contributed by atoms with Gasteiger partial charge in [0.15, 0.2) is 5.82 Å². The number of nitrogens with one attached hydrogen (secondary N) is 1. The van der Waals surface area contributed by atoms with Crippen molar-refractivity contribution in [1.29, 1.82) is 0 Å². The molecule has 3 aromatic rings. The Hall–Kier alpha value is -2.79. The highest BCUT2D eigenvalue weighted by Crippen LogP contribution is 2.23. The van der Waals surface area contributed by atoms with Crippen molar-refractivity contribution in [2.24, 2.45) is 4.99 Å². The lowest BCUT2D eigenvalue weighted by atomic mass is 10.0. The first-order valence-corrected chi connectivity index (χ1v) is 10.1. The molecule has 1 N–H and O–H groups in total. The van der Waals surface area contributed by atoms with Crippen LogP contribution in [0.3, 0.4) is 0 Å². The van der Waals surface area contributed by atoms with Crippen LogP contribution in [0.25, 0.3) is 10.8 Å². The number of hydrogen-bond donors (Lipinski definition) is 1. The van der Waals surface area contributed by atoms with Crippen molar-refractivity contribution < 1.29 is 0 Å². The topological polar surface area (TPSA) is 61.4 Å². The molecule has 2 aliphatic heterocycles. The molecular formula is C23H24N4O. The van der Waals surface area contributed by atoms with E-state index in [1.54, 1.807) is 0 Å². The van der Waals surface area contributed by atoms with E-state index in [2.05, 4.69) is 57.3 Å². The zero-order chi connectivity index (χ0) is 18.9. The van der Waals surface area contributed by atoms with Gasteiger partial charge in [0.05, 0.1) is 17.0 Å². The van der Waals surface area contributed by atoms with E-state index in [1.807, 2.05) is 0 Å². The Morgan fingerprint density at radius 2 is 1.93 bits per heavy atom. The minimum absolute atomic E-state index is 0.00380. The minimum Gasteiger partial charge on any atom is -0.305 e. The predicted octanol–water partition coefficient (Wildman–Crippen LogP) is 3.45. The Kier molecular flexibility index (Phi) is 4.53. The van der Waals surface area contributed by atoms with Crippen LogP contribution in [-0.2, 0) is 19.5 Å². The molecule has 0 bridgehead atoms. The van der Waals surface area contributed by atoms with Crippen LogP contribution >= 0.6 is 0 Å². The number of H-pyrrole nitrogens is 1. The van der Waals surface area contributed by atoms with Crippen molar-refractivity contribution in [1.82, 2.24) is 14.9 Å². The van der Waals surface area contributed by atoms with Gasteiger partial charge in [-0.15, -0.1) is 0 Å². The average Bonchev–Trinajstić information content (AvgIpc) is 2.75. The van der Waals surface area contributed by atoms with Crippen LogP contribution in [0, 0.1) is 0 Å². The quantitative estimate of drug-likeness (QED) is 0.766. The van der Waals surface area contributed by atoms with E-state index in [4.69, 9.17) is 4.98 Å². The number of aromatic nitrogens is 2. The SMILES string of the molecule is O=c1[nH]c(C2=NCCCC2)nc2c1CN(Cc1cccc3ccccc13)CC2. The molecule has 0 spiro atoms. The molecule has 5 nitrogen and oxygen atoms in total. The van der Waals surface area contributed by atoms with Gasteiger partial charge in [-0.3, -0.25) is 14.7 Å². The zero-order valence-corrected chi connectivity index (χ0v) is 15.9. The molecule has 0 unspecified atom stereocenters. The summed E-state index contributed by atoms with van der Waals surface area (Å²) in [7, 11) is 0. The summed E-state index contributed by atoms with van der Waals surface area (Å²) < 4.78 is 0. The highest BCUT2D eigenvalue weighted by Gasteiger charge is 2.23. The fraction of sp³-hybridized carbons (Fsp3) is 0.348. The molecule has 142 valence electrons. The second-order valence-electron chi connectivity index (χ2n) is 7.72. The Balaban J connectivity index is 1.41. The third-order valence-corrected chi connectivity index (χ3v) is 5.82. The Labute approximate surface area is 164 Å². The molecule has 2 aliphatic rings. The lowest BCUT2D eigenvalue weighted by molar-refractivity contribution is 0.242. The molecule has 2 aromatic carbocycles. The van der Waals surface area contributed by atoms with Gasteiger partial charge in [-0.05, 0) is 35.6 Å². The second-order valence-corrected chi connectivity index (χ2v) is 7.72. The highest BCUT2D eigenvalue weighted by molar-refractivity contribution is 5.97. The molecule has 0 saturated carbocycles. The number of fused-ring (bicyclic) bond motifs is 2. The number of hydrogen-bond acceptors (Lipinski definition) is 4. The summed E-state index contributed by atoms with van der Waals surface area (Å²) in [6.07, 6.45) is 3.97. The van der Waals surface area contributed by atoms with Crippen LogP contribution in [0.2, 0.25) is 0 Å². The third-order valence-electron chi connectivity index (χ3n) is 5.82. The van der Waals surface area contributed by atoms with Gasteiger partial charge in [0.1, 0.15) is 0 Å². The van der Waals surface area contributed by atoms with E-state index in [0.717, 1.165) is 62.3 Å². The molecule has 3 heterocycles. The first kappa shape index (κ1) is 17.3. The number of nitrogens with zero attached hydrogens (tertiary/aromatic N) is 3. The summed E-state index contributed by atoms with van der Waals surface area (Å²) in [5.41, 5.74) is 4.02. The number of rotatable bonds is 3. The molecule has 0 fully saturated rings. The highest BCUT2D eigenvalue weighted by atomic mass is 16.1. The van der Waals surface area contributed by atoms with Crippen LogP contribution in [-0.4, -0.2) is 33.7 Å². The summed E-state index contributed by atoms with van der Waals surface area (Å²) in [4.78, 5) is 27.4. The van der Waals surface area contributed by atoms with Crippen LogP contribution in [0.5, 0.6) is 0 Å². The largest absolute Gasteiger partial charge is 0.305 e. The smallest absolute Gasteiger partial charge is 0.255 e. The van der Waals surface area contributed by atoms with Crippen molar-refractivity contribution in [3.63, 3.8) is 0 Å². The molecule has 0 saturated heterocycles. The monoisotopic (exact) mass is 372 g/mol.